The van der Waals surface area contributed by atoms with Crippen molar-refractivity contribution in [1.29, 1.82) is 0 Å². The minimum absolute atomic E-state index is 0.298. The van der Waals surface area contributed by atoms with E-state index in [2.05, 4.69) is 0 Å². The van der Waals surface area contributed by atoms with Crippen molar-refractivity contribution >= 4 is 0 Å². The highest BCUT2D eigenvalue weighted by Gasteiger charge is 2.05. The molecule has 1 unspecified atom stereocenters. The number of hydrogen-bond acceptors (Lipinski definition) is 2. The highest BCUT2D eigenvalue weighted by atomic mass is 16.3. The van der Waals surface area contributed by atoms with Gasteiger partial charge in [-0.25, -0.2) is 0 Å². The molecule has 90 valence electrons. The van der Waals surface area contributed by atoms with Gasteiger partial charge in [-0.1, -0.05) is 56.0 Å². The van der Waals surface area contributed by atoms with Crippen molar-refractivity contribution in [3.05, 3.63) is 35.9 Å². The van der Waals surface area contributed by atoms with Crippen LogP contribution in [0.15, 0.2) is 30.3 Å². The van der Waals surface area contributed by atoms with Gasteiger partial charge in [0.1, 0.15) is 0 Å². The first-order valence-electron chi connectivity index (χ1n) is 6.18. The van der Waals surface area contributed by atoms with E-state index in [4.69, 9.17) is 5.11 Å². The van der Waals surface area contributed by atoms with Gasteiger partial charge in [0.05, 0.1) is 6.10 Å². The Labute approximate surface area is 97.9 Å². The number of rotatable bonds is 8. The lowest BCUT2D eigenvalue weighted by atomic mass is 10.0. The topological polar surface area (TPSA) is 40.5 Å². The predicted octanol–water partition coefficient (Wildman–Crippen LogP) is 3.05. The number of hydrogen-bond donors (Lipinski definition) is 2. The Hall–Kier alpha value is -0.860. The van der Waals surface area contributed by atoms with E-state index in [1.165, 1.54) is 0 Å². The molecule has 0 fully saturated rings. The van der Waals surface area contributed by atoms with Crippen molar-refractivity contribution in [1.82, 2.24) is 0 Å². The number of unbranched alkanes of at least 4 members (excludes halogenated alkanes) is 4. The first-order valence-corrected chi connectivity index (χ1v) is 6.18. The maximum atomic E-state index is 9.88. The lowest BCUT2D eigenvalue weighted by molar-refractivity contribution is 0.163. The average molecular weight is 222 g/mol. The van der Waals surface area contributed by atoms with Crippen LogP contribution >= 0.6 is 0 Å². The van der Waals surface area contributed by atoms with Gasteiger partial charge in [-0.15, -0.1) is 0 Å². The van der Waals surface area contributed by atoms with E-state index in [1.54, 1.807) is 0 Å². The molecule has 0 aromatic heterocycles. The molecule has 2 heteroatoms. The summed E-state index contributed by atoms with van der Waals surface area (Å²) < 4.78 is 0. The second-order valence-corrected chi connectivity index (χ2v) is 4.21. The molecule has 0 saturated carbocycles. The van der Waals surface area contributed by atoms with Gasteiger partial charge in [-0.3, -0.25) is 0 Å². The third-order valence-corrected chi connectivity index (χ3v) is 2.82. The van der Waals surface area contributed by atoms with Crippen molar-refractivity contribution in [2.75, 3.05) is 6.61 Å². The summed E-state index contributed by atoms with van der Waals surface area (Å²) in [6.07, 6.45) is 5.87. The smallest absolute Gasteiger partial charge is 0.0790 e. The zero-order valence-electron chi connectivity index (χ0n) is 9.81. The van der Waals surface area contributed by atoms with Crippen molar-refractivity contribution in [3.8, 4) is 0 Å². The molecule has 0 radical (unpaired) electrons. The van der Waals surface area contributed by atoms with Crippen LogP contribution in [-0.4, -0.2) is 16.8 Å². The van der Waals surface area contributed by atoms with Crippen LogP contribution in [0.2, 0.25) is 0 Å². The third kappa shape index (κ3) is 5.29. The van der Waals surface area contributed by atoms with E-state index in [1.807, 2.05) is 30.3 Å². The van der Waals surface area contributed by atoms with Crippen LogP contribution in [0.3, 0.4) is 0 Å². The number of aliphatic hydroxyl groups excluding tert-OH is 2. The van der Waals surface area contributed by atoms with Crippen molar-refractivity contribution in [2.45, 2.75) is 44.6 Å². The molecule has 0 amide bonds. The summed E-state index contributed by atoms with van der Waals surface area (Å²) in [5.41, 5.74) is 1.01. The molecule has 16 heavy (non-hydrogen) atoms. The minimum atomic E-state index is -0.320. The van der Waals surface area contributed by atoms with Crippen LogP contribution in [0.5, 0.6) is 0 Å². The Bertz CT molecular complexity index is 259. The lowest BCUT2D eigenvalue weighted by Gasteiger charge is -2.10. The molecule has 1 aromatic carbocycles. The van der Waals surface area contributed by atoms with Gasteiger partial charge in [0, 0.05) is 6.61 Å². The average Bonchev–Trinajstić information content (AvgIpc) is 2.34. The van der Waals surface area contributed by atoms with Gasteiger partial charge in [0.2, 0.25) is 0 Å². The summed E-state index contributed by atoms with van der Waals surface area (Å²) in [6, 6.07) is 9.82. The van der Waals surface area contributed by atoms with Crippen molar-refractivity contribution < 1.29 is 10.2 Å². The first kappa shape index (κ1) is 13.2. The second-order valence-electron chi connectivity index (χ2n) is 4.21. The van der Waals surface area contributed by atoms with Gasteiger partial charge in [-0.05, 0) is 18.4 Å². The second kappa shape index (κ2) is 8.31. The molecule has 0 heterocycles. The Kier molecular flexibility index (Phi) is 6.86. The van der Waals surface area contributed by atoms with E-state index in [0.29, 0.717) is 6.61 Å². The molecule has 1 rings (SSSR count). The molecule has 1 aromatic rings. The molecule has 2 nitrogen and oxygen atoms in total. The summed E-state index contributed by atoms with van der Waals surface area (Å²) in [6.45, 7) is 0.298. The van der Waals surface area contributed by atoms with Gasteiger partial charge in [0.15, 0.2) is 0 Å². The maximum absolute atomic E-state index is 9.88. The van der Waals surface area contributed by atoms with Crippen LogP contribution < -0.4 is 0 Å². The zero-order valence-corrected chi connectivity index (χ0v) is 9.81. The lowest BCUT2D eigenvalue weighted by Crippen LogP contribution is -1.96. The van der Waals surface area contributed by atoms with Crippen LogP contribution in [0.25, 0.3) is 0 Å². The van der Waals surface area contributed by atoms with Crippen LogP contribution in [0, 0.1) is 0 Å². The zero-order chi connectivity index (χ0) is 11.6. The monoisotopic (exact) mass is 222 g/mol. The Balaban J connectivity index is 2.09. The molecular weight excluding hydrogens is 200 g/mol. The molecule has 1 atom stereocenters. The molecule has 0 spiro atoms. The Morgan fingerprint density at radius 3 is 2.19 bits per heavy atom. The largest absolute Gasteiger partial charge is 0.396 e. The normalized spacial score (nSPS) is 12.6. The predicted molar refractivity (Wildman–Crippen MR) is 66.2 cm³/mol. The summed E-state index contributed by atoms with van der Waals surface area (Å²) in [5.74, 6) is 0. The summed E-state index contributed by atoms with van der Waals surface area (Å²) in [5, 5.41) is 18.5. The quantitative estimate of drug-likeness (QED) is 0.664. The molecule has 0 aliphatic carbocycles. The van der Waals surface area contributed by atoms with Crippen molar-refractivity contribution in [2.24, 2.45) is 0 Å². The van der Waals surface area contributed by atoms with E-state index in [9.17, 15) is 5.11 Å². The highest BCUT2D eigenvalue weighted by Crippen LogP contribution is 2.19. The minimum Gasteiger partial charge on any atom is -0.396 e. The van der Waals surface area contributed by atoms with Gasteiger partial charge in [-0.2, -0.15) is 0 Å². The van der Waals surface area contributed by atoms with Crippen LogP contribution in [0.1, 0.15) is 50.2 Å². The SMILES string of the molecule is OCCCCCCCC(O)c1ccccc1. The van der Waals surface area contributed by atoms with E-state index in [0.717, 1.165) is 44.1 Å². The molecule has 0 aliphatic rings. The molecule has 0 aliphatic heterocycles. The van der Waals surface area contributed by atoms with Crippen LogP contribution in [-0.2, 0) is 0 Å². The third-order valence-electron chi connectivity index (χ3n) is 2.82. The molecule has 0 saturated heterocycles. The number of benzene rings is 1. The van der Waals surface area contributed by atoms with Gasteiger partial charge < -0.3 is 10.2 Å². The fourth-order valence-corrected chi connectivity index (χ4v) is 1.82. The van der Waals surface area contributed by atoms with E-state index in [-0.39, 0.29) is 6.10 Å². The fraction of sp³-hybridized carbons (Fsp3) is 0.571. The molecular formula is C14H22O2. The summed E-state index contributed by atoms with van der Waals surface area (Å²) in [4.78, 5) is 0. The van der Waals surface area contributed by atoms with E-state index < -0.39 is 0 Å². The fourth-order valence-electron chi connectivity index (χ4n) is 1.82. The highest BCUT2D eigenvalue weighted by molar-refractivity contribution is 5.16. The van der Waals surface area contributed by atoms with Crippen LogP contribution in [0.4, 0.5) is 0 Å². The molecule has 0 bridgehead atoms. The standard InChI is InChI=1S/C14H22O2/c15-12-8-3-1-2-7-11-14(16)13-9-5-4-6-10-13/h4-6,9-10,14-16H,1-3,7-8,11-12H2. The first-order chi connectivity index (χ1) is 7.84. The summed E-state index contributed by atoms with van der Waals surface area (Å²) >= 11 is 0. The van der Waals surface area contributed by atoms with Gasteiger partial charge in [0.25, 0.3) is 0 Å². The summed E-state index contributed by atoms with van der Waals surface area (Å²) in [7, 11) is 0. The Morgan fingerprint density at radius 2 is 1.50 bits per heavy atom. The number of aliphatic hydroxyl groups is 2. The van der Waals surface area contributed by atoms with Gasteiger partial charge >= 0.3 is 0 Å². The maximum Gasteiger partial charge on any atom is 0.0790 e. The van der Waals surface area contributed by atoms with E-state index >= 15 is 0 Å². The molecule has 2 N–H and O–H groups in total. The Morgan fingerprint density at radius 1 is 0.875 bits per heavy atom. The van der Waals surface area contributed by atoms with Crippen molar-refractivity contribution in [3.63, 3.8) is 0 Å².